The van der Waals surface area contributed by atoms with Crippen LogP contribution >= 0.6 is 0 Å². The average Bonchev–Trinajstić information content (AvgIpc) is 2.08. The summed E-state index contributed by atoms with van der Waals surface area (Å²) in [4.78, 5) is 0. The SMILES string of the molecule is CC.CC(C)Cc1ccccc1. The van der Waals surface area contributed by atoms with Crippen molar-refractivity contribution in [1.82, 2.24) is 0 Å². The Labute approximate surface area is 76.6 Å². The van der Waals surface area contributed by atoms with Crippen molar-refractivity contribution < 1.29 is 0 Å². The molecule has 0 saturated heterocycles. The molecule has 0 amide bonds. The van der Waals surface area contributed by atoms with E-state index in [0.29, 0.717) is 0 Å². The highest BCUT2D eigenvalue weighted by Gasteiger charge is 1.94. The lowest BCUT2D eigenvalue weighted by atomic mass is 10.0. The lowest BCUT2D eigenvalue weighted by Gasteiger charge is -2.02. The molecule has 12 heavy (non-hydrogen) atoms. The summed E-state index contributed by atoms with van der Waals surface area (Å²) in [5.41, 5.74) is 1.44. The lowest BCUT2D eigenvalue weighted by Crippen LogP contribution is -1.92. The third-order valence-electron chi connectivity index (χ3n) is 1.49. The van der Waals surface area contributed by atoms with E-state index in [9.17, 15) is 0 Å². The molecule has 0 aliphatic rings. The largest absolute Gasteiger partial charge is 0.0683 e. The molecule has 0 N–H and O–H groups in total. The first kappa shape index (κ1) is 11.2. The quantitative estimate of drug-likeness (QED) is 0.621. The van der Waals surface area contributed by atoms with Crippen molar-refractivity contribution in [2.75, 3.05) is 0 Å². The molecule has 0 bridgehead atoms. The summed E-state index contributed by atoms with van der Waals surface area (Å²) in [5.74, 6) is 0.766. The first-order chi connectivity index (χ1) is 5.79. The predicted molar refractivity (Wildman–Crippen MR) is 56.3 cm³/mol. The Bertz CT molecular complexity index is 174. The molecule has 0 fully saturated rings. The molecule has 0 atom stereocenters. The van der Waals surface area contributed by atoms with Crippen molar-refractivity contribution in [1.29, 1.82) is 0 Å². The Morgan fingerprint density at radius 3 is 1.92 bits per heavy atom. The van der Waals surface area contributed by atoms with E-state index in [1.165, 1.54) is 12.0 Å². The Hall–Kier alpha value is -0.780. The normalized spacial score (nSPS) is 9.08. The summed E-state index contributed by atoms with van der Waals surface area (Å²) < 4.78 is 0. The van der Waals surface area contributed by atoms with Crippen LogP contribution in [0.2, 0.25) is 0 Å². The van der Waals surface area contributed by atoms with E-state index in [-0.39, 0.29) is 0 Å². The summed E-state index contributed by atoms with van der Waals surface area (Å²) in [6, 6.07) is 10.6. The number of hydrogen-bond donors (Lipinski definition) is 0. The maximum absolute atomic E-state index is 2.24. The average molecular weight is 164 g/mol. The van der Waals surface area contributed by atoms with Crippen molar-refractivity contribution in [2.24, 2.45) is 5.92 Å². The van der Waals surface area contributed by atoms with Crippen LogP contribution in [0, 0.1) is 5.92 Å². The van der Waals surface area contributed by atoms with Gasteiger partial charge in [-0.05, 0) is 17.9 Å². The van der Waals surface area contributed by atoms with Gasteiger partial charge in [0.15, 0.2) is 0 Å². The fourth-order valence-corrected chi connectivity index (χ4v) is 1.09. The molecule has 0 aliphatic carbocycles. The Morgan fingerprint density at radius 2 is 1.50 bits per heavy atom. The maximum atomic E-state index is 2.24. The minimum atomic E-state index is 0.766. The van der Waals surface area contributed by atoms with Crippen LogP contribution < -0.4 is 0 Å². The molecule has 0 unspecified atom stereocenters. The van der Waals surface area contributed by atoms with Crippen molar-refractivity contribution in [3.8, 4) is 0 Å². The second-order valence-corrected chi connectivity index (χ2v) is 3.08. The van der Waals surface area contributed by atoms with Gasteiger partial charge in [0, 0.05) is 0 Å². The molecule has 0 spiro atoms. The van der Waals surface area contributed by atoms with Crippen LogP contribution in [0.4, 0.5) is 0 Å². The van der Waals surface area contributed by atoms with Gasteiger partial charge in [0.25, 0.3) is 0 Å². The molecule has 1 aromatic carbocycles. The van der Waals surface area contributed by atoms with Crippen LogP contribution in [-0.4, -0.2) is 0 Å². The molecule has 0 heterocycles. The van der Waals surface area contributed by atoms with E-state index < -0.39 is 0 Å². The molecule has 0 aliphatic heterocycles. The summed E-state index contributed by atoms with van der Waals surface area (Å²) in [7, 11) is 0. The molecule has 1 aromatic rings. The monoisotopic (exact) mass is 164 g/mol. The van der Waals surface area contributed by atoms with Gasteiger partial charge in [0.1, 0.15) is 0 Å². The van der Waals surface area contributed by atoms with E-state index in [1.807, 2.05) is 13.8 Å². The van der Waals surface area contributed by atoms with Gasteiger partial charge in [0.2, 0.25) is 0 Å². The third kappa shape index (κ3) is 4.95. The van der Waals surface area contributed by atoms with Crippen LogP contribution in [0.5, 0.6) is 0 Å². The Kier molecular flexibility index (Phi) is 6.45. The highest BCUT2D eigenvalue weighted by molar-refractivity contribution is 5.14. The number of rotatable bonds is 2. The minimum Gasteiger partial charge on any atom is -0.0683 e. The molecule has 0 aromatic heterocycles. The maximum Gasteiger partial charge on any atom is -0.0256 e. The van der Waals surface area contributed by atoms with Crippen molar-refractivity contribution in [3.63, 3.8) is 0 Å². The highest BCUT2D eigenvalue weighted by atomic mass is 14.0. The molecule has 0 saturated carbocycles. The van der Waals surface area contributed by atoms with Crippen LogP contribution in [0.25, 0.3) is 0 Å². The van der Waals surface area contributed by atoms with Crippen molar-refractivity contribution in [3.05, 3.63) is 35.9 Å². The topological polar surface area (TPSA) is 0 Å². The summed E-state index contributed by atoms with van der Waals surface area (Å²) in [6.45, 7) is 8.49. The Balaban J connectivity index is 0.000000561. The first-order valence-corrected chi connectivity index (χ1v) is 4.83. The molecule has 0 radical (unpaired) electrons. The zero-order chi connectivity index (χ0) is 9.40. The second kappa shape index (κ2) is 6.90. The third-order valence-corrected chi connectivity index (χ3v) is 1.49. The standard InChI is InChI=1S/C10H14.C2H6/c1-9(2)8-10-6-4-3-5-7-10;1-2/h3-7,9H,8H2,1-2H3;1-2H3. The van der Waals surface area contributed by atoms with Gasteiger partial charge in [0.05, 0.1) is 0 Å². The van der Waals surface area contributed by atoms with E-state index in [0.717, 1.165) is 5.92 Å². The van der Waals surface area contributed by atoms with Gasteiger partial charge in [-0.2, -0.15) is 0 Å². The minimum absolute atomic E-state index is 0.766. The Morgan fingerprint density at radius 1 is 1.00 bits per heavy atom. The van der Waals surface area contributed by atoms with Crippen molar-refractivity contribution >= 4 is 0 Å². The van der Waals surface area contributed by atoms with Crippen LogP contribution in [0.1, 0.15) is 33.3 Å². The zero-order valence-corrected chi connectivity index (χ0v) is 8.67. The molecular weight excluding hydrogens is 144 g/mol. The zero-order valence-electron chi connectivity index (χ0n) is 8.67. The van der Waals surface area contributed by atoms with Crippen molar-refractivity contribution in [2.45, 2.75) is 34.1 Å². The van der Waals surface area contributed by atoms with Crippen LogP contribution in [-0.2, 0) is 6.42 Å². The predicted octanol–water partition coefficient (Wildman–Crippen LogP) is 3.91. The summed E-state index contributed by atoms with van der Waals surface area (Å²) in [6.07, 6.45) is 1.20. The van der Waals surface area contributed by atoms with Gasteiger partial charge < -0.3 is 0 Å². The second-order valence-electron chi connectivity index (χ2n) is 3.08. The number of hydrogen-bond acceptors (Lipinski definition) is 0. The van der Waals surface area contributed by atoms with Gasteiger partial charge in [-0.15, -0.1) is 0 Å². The fourth-order valence-electron chi connectivity index (χ4n) is 1.09. The van der Waals surface area contributed by atoms with E-state index >= 15 is 0 Å². The van der Waals surface area contributed by atoms with Crippen LogP contribution in [0.3, 0.4) is 0 Å². The summed E-state index contributed by atoms with van der Waals surface area (Å²) >= 11 is 0. The molecule has 0 nitrogen and oxygen atoms in total. The van der Waals surface area contributed by atoms with E-state index in [4.69, 9.17) is 0 Å². The van der Waals surface area contributed by atoms with Gasteiger partial charge >= 0.3 is 0 Å². The van der Waals surface area contributed by atoms with Gasteiger partial charge in [-0.3, -0.25) is 0 Å². The molecule has 1 rings (SSSR count). The van der Waals surface area contributed by atoms with Gasteiger partial charge in [-0.1, -0.05) is 58.0 Å². The van der Waals surface area contributed by atoms with Gasteiger partial charge in [-0.25, -0.2) is 0 Å². The first-order valence-electron chi connectivity index (χ1n) is 4.83. The smallest absolute Gasteiger partial charge is 0.0256 e. The van der Waals surface area contributed by atoms with E-state index in [1.54, 1.807) is 0 Å². The highest BCUT2D eigenvalue weighted by Crippen LogP contribution is 2.05. The molecule has 0 heteroatoms. The number of benzene rings is 1. The summed E-state index contributed by atoms with van der Waals surface area (Å²) in [5, 5.41) is 0. The van der Waals surface area contributed by atoms with E-state index in [2.05, 4.69) is 44.2 Å². The molecule has 68 valence electrons. The lowest BCUT2D eigenvalue weighted by molar-refractivity contribution is 0.647. The molecular formula is C12H20. The fraction of sp³-hybridized carbons (Fsp3) is 0.500. The van der Waals surface area contributed by atoms with Crippen LogP contribution in [0.15, 0.2) is 30.3 Å².